The fourth-order valence-electron chi connectivity index (χ4n) is 4.41. The van der Waals surface area contributed by atoms with Gasteiger partial charge >= 0.3 is 0 Å². The van der Waals surface area contributed by atoms with Crippen molar-refractivity contribution in [3.63, 3.8) is 0 Å². The zero-order chi connectivity index (χ0) is 26.1. The Labute approximate surface area is 219 Å². The molecule has 0 aliphatic heterocycles. The quantitative estimate of drug-likeness (QED) is 0.252. The third kappa shape index (κ3) is 4.63. The largest absolute Gasteiger partial charge is 0.350 e. The first-order chi connectivity index (χ1) is 18.5. The van der Waals surface area contributed by atoms with E-state index < -0.39 is 0 Å². The second-order valence-electron chi connectivity index (χ2n) is 9.20. The third-order valence-corrected chi connectivity index (χ3v) is 6.44. The van der Waals surface area contributed by atoms with E-state index in [0.29, 0.717) is 12.0 Å². The highest BCUT2D eigenvalue weighted by Crippen LogP contribution is 2.22. The smallest absolute Gasteiger partial charge is 0.167 e. The summed E-state index contributed by atoms with van der Waals surface area (Å²) >= 11 is 0. The molecule has 0 fully saturated rings. The predicted molar refractivity (Wildman–Crippen MR) is 149 cm³/mol. The van der Waals surface area contributed by atoms with Gasteiger partial charge in [0, 0.05) is 48.6 Å². The monoisotopic (exact) mass is 496 g/mol. The number of nitrogens with zero attached hydrogens (tertiary/aromatic N) is 5. The molecule has 0 atom stereocenters. The lowest BCUT2D eigenvalue weighted by molar-refractivity contribution is 0.0993. The Morgan fingerprint density at radius 3 is 2.79 bits per heavy atom. The Hall–Kier alpha value is -5.22. The van der Waals surface area contributed by atoms with Gasteiger partial charge in [0.05, 0.1) is 29.3 Å². The molecule has 0 spiro atoms. The maximum Gasteiger partial charge on any atom is 0.167 e. The number of benzene rings is 2. The van der Waals surface area contributed by atoms with Crippen LogP contribution in [0, 0.1) is 18.8 Å². The van der Waals surface area contributed by atoms with Gasteiger partial charge < -0.3 is 5.32 Å². The Kier molecular flexibility index (Phi) is 5.91. The van der Waals surface area contributed by atoms with Crippen LogP contribution < -0.4 is 5.32 Å². The van der Waals surface area contributed by atoms with E-state index in [0.717, 1.165) is 50.3 Å². The molecule has 1 N–H and O–H groups in total. The van der Waals surface area contributed by atoms with Crippen molar-refractivity contribution in [2.24, 2.45) is 7.05 Å². The molecular weight excluding hydrogens is 472 g/mol. The second-order valence-corrected chi connectivity index (χ2v) is 9.20. The molecule has 184 valence electrons. The number of anilines is 2. The van der Waals surface area contributed by atoms with Gasteiger partial charge in [0.1, 0.15) is 5.69 Å². The van der Waals surface area contributed by atoms with E-state index in [2.05, 4.69) is 32.2 Å². The van der Waals surface area contributed by atoms with Crippen LogP contribution in [0.3, 0.4) is 0 Å². The maximum atomic E-state index is 13.1. The number of ketones is 1. The molecular formula is C31H24N6O. The fraction of sp³-hybridized carbons (Fsp3) is 0.0968. The van der Waals surface area contributed by atoms with Crippen LogP contribution in [-0.4, -0.2) is 29.9 Å². The summed E-state index contributed by atoms with van der Waals surface area (Å²) in [6.45, 7) is 2.00. The average Bonchev–Trinajstić information content (AvgIpc) is 3.54. The van der Waals surface area contributed by atoms with Gasteiger partial charge in [0.15, 0.2) is 11.4 Å². The number of fused-ring (bicyclic) bond motifs is 2. The van der Waals surface area contributed by atoms with E-state index in [1.807, 2.05) is 91.4 Å². The van der Waals surface area contributed by atoms with Gasteiger partial charge in [-0.3, -0.25) is 18.9 Å². The number of hydrogen-bond acceptors (Lipinski definition) is 5. The molecule has 2 aromatic carbocycles. The number of rotatable bonds is 5. The molecule has 0 unspecified atom stereocenters. The fourth-order valence-corrected chi connectivity index (χ4v) is 4.41. The predicted octanol–water partition coefficient (Wildman–Crippen LogP) is 5.49. The van der Waals surface area contributed by atoms with Crippen molar-refractivity contribution >= 4 is 33.7 Å². The average molecular weight is 497 g/mol. The number of hydrogen-bond donors (Lipinski definition) is 1. The minimum atomic E-state index is 0.0456. The number of nitrogens with one attached hydrogen (secondary N) is 1. The van der Waals surface area contributed by atoms with Crippen LogP contribution in [0.25, 0.3) is 16.6 Å². The number of aryl methyl sites for hydroxylation is 2. The summed E-state index contributed by atoms with van der Waals surface area (Å²) in [5.74, 6) is 6.54. The van der Waals surface area contributed by atoms with Crippen molar-refractivity contribution in [1.82, 2.24) is 24.1 Å². The summed E-state index contributed by atoms with van der Waals surface area (Å²) < 4.78 is 3.69. The third-order valence-electron chi connectivity index (χ3n) is 6.44. The Morgan fingerprint density at radius 1 is 1.00 bits per heavy atom. The van der Waals surface area contributed by atoms with Gasteiger partial charge in [-0.15, -0.1) is 0 Å². The molecule has 0 saturated heterocycles. The minimum Gasteiger partial charge on any atom is -0.350 e. The van der Waals surface area contributed by atoms with Crippen LogP contribution >= 0.6 is 0 Å². The molecule has 7 heteroatoms. The van der Waals surface area contributed by atoms with Crippen molar-refractivity contribution < 1.29 is 4.79 Å². The molecule has 6 aromatic rings. The molecule has 0 amide bonds. The van der Waals surface area contributed by atoms with Crippen LogP contribution in [0.15, 0.2) is 91.6 Å². The lowest BCUT2D eigenvalue weighted by atomic mass is 9.98. The van der Waals surface area contributed by atoms with Gasteiger partial charge in [-0.1, -0.05) is 36.3 Å². The highest BCUT2D eigenvalue weighted by Gasteiger charge is 2.11. The van der Waals surface area contributed by atoms with Crippen LogP contribution in [0.4, 0.5) is 11.4 Å². The highest BCUT2D eigenvalue weighted by molar-refractivity contribution is 5.98. The summed E-state index contributed by atoms with van der Waals surface area (Å²) in [5, 5.41) is 8.62. The molecule has 7 nitrogen and oxygen atoms in total. The summed E-state index contributed by atoms with van der Waals surface area (Å²) in [5.41, 5.74) is 7.57. The van der Waals surface area contributed by atoms with Crippen molar-refractivity contribution in [2.75, 3.05) is 5.32 Å². The van der Waals surface area contributed by atoms with E-state index >= 15 is 0 Å². The first kappa shape index (κ1) is 23.2. The van der Waals surface area contributed by atoms with E-state index in [1.54, 1.807) is 23.3 Å². The lowest BCUT2D eigenvalue weighted by Crippen LogP contribution is -2.04. The molecule has 0 aliphatic carbocycles. The van der Waals surface area contributed by atoms with Crippen LogP contribution in [0.1, 0.15) is 32.7 Å². The number of aromatic nitrogens is 5. The molecule has 4 aromatic heterocycles. The lowest BCUT2D eigenvalue weighted by Gasteiger charge is -2.06. The molecule has 0 bridgehead atoms. The number of carbonyl (C=O) groups is 1. The number of Topliss-reactive ketones (excluding diaryl/α,β-unsaturated/α-hetero) is 1. The van der Waals surface area contributed by atoms with Crippen LogP contribution in [0.5, 0.6) is 0 Å². The Morgan fingerprint density at radius 2 is 1.92 bits per heavy atom. The summed E-state index contributed by atoms with van der Waals surface area (Å²) in [7, 11) is 1.88. The van der Waals surface area contributed by atoms with E-state index in [1.165, 1.54) is 0 Å². The van der Waals surface area contributed by atoms with Gasteiger partial charge in [-0.2, -0.15) is 5.10 Å². The number of pyridine rings is 2. The van der Waals surface area contributed by atoms with Crippen LogP contribution in [-0.2, 0) is 13.5 Å². The Balaban J connectivity index is 1.25. The van der Waals surface area contributed by atoms with Gasteiger partial charge in [-0.25, -0.2) is 4.98 Å². The van der Waals surface area contributed by atoms with Crippen LogP contribution in [0.2, 0.25) is 0 Å². The zero-order valence-corrected chi connectivity index (χ0v) is 21.0. The van der Waals surface area contributed by atoms with E-state index in [9.17, 15) is 4.79 Å². The molecule has 4 heterocycles. The molecule has 6 rings (SSSR count). The summed E-state index contributed by atoms with van der Waals surface area (Å²) in [6, 6.07) is 19.5. The first-order valence-electron chi connectivity index (χ1n) is 12.2. The Bertz CT molecular complexity index is 1890. The highest BCUT2D eigenvalue weighted by atomic mass is 16.1. The van der Waals surface area contributed by atoms with Crippen molar-refractivity contribution in [2.45, 2.75) is 13.3 Å². The molecule has 38 heavy (non-hydrogen) atoms. The van der Waals surface area contributed by atoms with Gasteiger partial charge in [0.25, 0.3) is 0 Å². The van der Waals surface area contributed by atoms with Crippen molar-refractivity contribution in [3.8, 4) is 11.8 Å². The standard InChI is InChI=1S/C31H24N6O/c1-21-7-9-25(30(38)16-22-8-10-23-5-3-13-32-29(23)15-22)17-24(21)11-12-27-19-33-31-28(6-4-14-37(27)31)35-26-18-34-36(2)20-26/h3-10,13-15,17-20,35H,16H2,1-2H3. The van der Waals surface area contributed by atoms with Crippen molar-refractivity contribution in [1.29, 1.82) is 0 Å². The first-order valence-corrected chi connectivity index (χ1v) is 12.2. The topological polar surface area (TPSA) is 77.1 Å². The molecule has 0 radical (unpaired) electrons. The van der Waals surface area contributed by atoms with Gasteiger partial charge in [-0.05, 0) is 54.3 Å². The summed E-state index contributed by atoms with van der Waals surface area (Å²) in [6.07, 6.45) is 9.44. The summed E-state index contributed by atoms with van der Waals surface area (Å²) in [4.78, 5) is 22.1. The zero-order valence-electron chi connectivity index (χ0n) is 21.0. The SMILES string of the molecule is Cc1ccc(C(=O)Cc2ccc3cccnc3c2)cc1C#Cc1cnc2c(Nc3cnn(C)c3)cccn12. The number of imidazole rings is 1. The normalized spacial score (nSPS) is 10.9. The maximum absolute atomic E-state index is 13.1. The molecule has 0 saturated carbocycles. The van der Waals surface area contributed by atoms with E-state index in [4.69, 9.17) is 0 Å². The number of carbonyl (C=O) groups excluding carboxylic acids is 1. The van der Waals surface area contributed by atoms with E-state index in [-0.39, 0.29) is 5.78 Å². The minimum absolute atomic E-state index is 0.0456. The second kappa shape index (κ2) is 9.68. The van der Waals surface area contributed by atoms with Gasteiger partial charge in [0.2, 0.25) is 0 Å². The molecule has 0 aliphatic rings. The van der Waals surface area contributed by atoms with Crippen molar-refractivity contribution in [3.05, 3.63) is 120 Å².